The van der Waals surface area contributed by atoms with Gasteiger partial charge in [-0.15, -0.1) is 0 Å². The fourth-order valence-electron chi connectivity index (χ4n) is 10.4. The number of hydrogen-bond acceptors (Lipinski definition) is 6. The number of carbonyl (C=O) groups is 3. The molecule has 0 aromatic rings. The van der Waals surface area contributed by atoms with Crippen molar-refractivity contribution in [1.82, 2.24) is 0 Å². The SMILES string of the molecule is CC/C=C\C/C=C\C/C=C\C/C=C\CCC(=O)OCC(COC(=O)CCCCCCCCCCCCCCCCCCCCCCCCCCCCCCCCC)OC(=O)CCCCCCCCCCC/C=C\C/C=C\CCCCC. The monoisotopic (exact) mass is 1130 g/mol. The Labute approximate surface area is 503 Å². The minimum atomic E-state index is -0.807. The van der Waals surface area contributed by atoms with Gasteiger partial charge in [-0.05, 0) is 77.0 Å². The summed E-state index contributed by atoms with van der Waals surface area (Å²) in [7, 11) is 0. The number of unbranched alkanes of at least 4 members (excludes halogenated alkanes) is 42. The number of hydrogen-bond donors (Lipinski definition) is 0. The average Bonchev–Trinajstić information content (AvgIpc) is 3.46. The molecule has 0 aromatic carbocycles. The van der Waals surface area contributed by atoms with Gasteiger partial charge in [0.2, 0.25) is 0 Å². The Morgan fingerprint density at radius 2 is 0.506 bits per heavy atom. The van der Waals surface area contributed by atoms with E-state index in [0.29, 0.717) is 19.3 Å². The van der Waals surface area contributed by atoms with E-state index in [9.17, 15) is 14.4 Å². The Hall–Kier alpha value is -3.15. The molecule has 0 N–H and O–H groups in total. The van der Waals surface area contributed by atoms with Crippen molar-refractivity contribution in [3.05, 3.63) is 72.9 Å². The van der Waals surface area contributed by atoms with Crippen molar-refractivity contribution in [3.63, 3.8) is 0 Å². The van der Waals surface area contributed by atoms with Gasteiger partial charge >= 0.3 is 17.9 Å². The van der Waals surface area contributed by atoms with Crippen LogP contribution in [0.1, 0.15) is 367 Å². The topological polar surface area (TPSA) is 78.9 Å². The number of carbonyl (C=O) groups excluding carboxylic acids is 3. The molecule has 0 aliphatic rings. The Kier molecular flexibility index (Phi) is 66.6. The molecule has 0 fully saturated rings. The second-order valence-electron chi connectivity index (χ2n) is 23.8. The van der Waals surface area contributed by atoms with Crippen molar-refractivity contribution in [2.45, 2.75) is 374 Å². The molecule has 6 heteroatoms. The van der Waals surface area contributed by atoms with Gasteiger partial charge in [0.25, 0.3) is 0 Å². The van der Waals surface area contributed by atoms with E-state index < -0.39 is 6.10 Å². The number of allylic oxidation sites excluding steroid dienone is 12. The first-order valence-corrected chi connectivity index (χ1v) is 35.4. The molecule has 0 bridgehead atoms. The quantitative estimate of drug-likeness (QED) is 0.0261. The molecule has 0 saturated carbocycles. The highest BCUT2D eigenvalue weighted by Gasteiger charge is 2.19. The van der Waals surface area contributed by atoms with Crippen LogP contribution in [0.4, 0.5) is 0 Å². The average molecular weight is 1130 g/mol. The first kappa shape index (κ1) is 77.9. The van der Waals surface area contributed by atoms with E-state index in [4.69, 9.17) is 14.2 Å². The first-order chi connectivity index (χ1) is 40.0. The highest BCUT2D eigenvalue weighted by Crippen LogP contribution is 2.18. The van der Waals surface area contributed by atoms with Gasteiger partial charge in [-0.3, -0.25) is 14.4 Å². The van der Waals surface area contributed by atoms with Crippen LogP contribution in [0.15, 0.2) is 72.9 Å². The van der Waals surface area contributed by atoms with Crippen LogP contribution in [0.25, 0.3) is 0 Å². The van der Waals surface area contributed by atoms with E-state index in [-0.39, 0.29) is 37.5 Å². The van der Waals surface area contributed by atoms with Gasteiger partial charge in [-0.25, -0.2) is 0 Å². The summed E-state index contributed by atoms with van der Waals surface area (Å²) in [5, 5.41) is 0. The molecule has 1 atom stereocenters. The van der Waals surface area contributed by atoms with Crippen LogP contribution < -0.4 is 0 Å². The molecular weight excluding hydrogens is 997 g/mol. The third-order valence-corrected chi connectivity index (χ3v) is 15.7. The predicted octanol–water partition coefficient (Wildman–Crippen LogP) is 24.4. The lowest BCUT2D eigenvalue weighted by molar-refractivity contribution is -0.166. The molecule has 470 valence electrons. The smallest absolute Gasteiger partial charge is 0.306 e. The molecule has 0 radical (unpaired) electrons. The lowest BCUT2D eigenvalue weighted by Gasteiger charge is -2.18. The molecule has 0 amide bonds. The van der Waals surface area contributed by atoms with Gasteiger partial charge < -0.3 is 14.2 Å². The molecule has 0 aliphatic heterocycles. The fraction of sp³-hybridized carbons (Fsp3) is 0.800. The molecule has 6 nitrogen and oxygen atoms in total. The van der Waals surface area contributed by atoms with E-state index in [1.807, 2.05) is 6.08 Å². The predicted molar refractivity (Wildman–Crippen MR) is 353 cm³/mol. The van der Waals surface area contributed by atoms with Crippen molar-refractivity contribution < 1.29 is 28.6 Å². The normalized spacial score (nSPS) is 12.5. The van der Waals surface area contributed by atoms with E-state index >= 15 is 0 Å². The van der Waals surface area contributed by atoms with Crippen molar-refractivity contribution in [3.8, 4) is 0 Å². The Morgan fingerprint density at radius 3 is 0.852 bits per heavy atom. The van der Waals surface area contributed by atoms with Crippen LogP contribution in [0, 0.1) is 0 Å². The third-order valence-electron chi connectivity index (χ3n) is 15.7. The van der Waals surface area contributed by atoms with Crippen LogP contribution in [0.2, 0.25) is 0 Å². The maximum atomic E-state index is 12.9. The summed E-state index contributed by atoms with van der Waals surface area (Å²) in [6, 6.07) is 0. The lowest BCUT2D eigenvalue weighted by Crippen LogP contribution is -2.30. The molecule has 0 aliphatic carbocycles. The number of esters is 3. The largest absolute Gasteiger partial charge is 0.462 e. The maximum absolute atomic E-state index is 12.9. The molecule has 81 heavy (non-hydrogen) atoms. The van der Waals surface area contributed by atoms with Crippen LogP contribution in [-0.2, 0) is 28.6 Å². The van der Waals surface area contributed by atoms with E-state index in [2.05, 4.69) is 87.6 Å². The molecular formula is C75H134O6. The van der Waals surface area contributed by atoms with Crippen LogP contribution in [0.3, 0.4) is 0 Å². The van der Waals surface area contributed by atoms with Crippen LogP contribution in [0.5, 0.6) is 0 Å². The van der Waals surface area contributed by atoms with Gasteiger partial charge in [-0.1, -0.05) is 344 Å². The van der Waals surface area contributed by atoms with E-state index in [1.54, 1.807) is 0 Å². The summed E-state index contributed by atoms with van der Waals surface area (Å²) in [6.45, 7) is 6.49. The minimum Gasteiger partial charge on any atom is -0.462 e. The fourth-order valence-corrected chi connectivity index (χ4v) is 10.4. The molecule has 0 aromatic heterocycles. The third kappa shape index (κ3) is 67.5. The Morgan fingerprint density at radius 1 is 0.259 bits per heavy atom. The number of ether oxygens (including phenoxy) is 3. The summed E-state index contributed by atoms with van der Waals surface area (Å²) < 4.78 is 16.9. The summed E-state index contributed by atoms with van der Waals surface area (Å²) >= 11 is 0. The zero-order valence-corrected chi connectivity index (χ0v) is 54.1. The van der Waals surface area contributed by atoms with Gasteiger partial charge in [0, 0.05) is 19.3 Å². The second kappa shape index (κ2) is 69.3. The highest BCUT2D eigenvalue weighted by atomic mass is 16.6. The second-order valence-corrected chi connectivity index (χ2v) is 23.8. The van der Waals surface area contributed by atoms with Crippen molar-refractivity contribution in [1.29, 1.82) is 0 Å². The van der Waals surface area contributed by atoms with Crippen molar-refractivity contribution in [2.75, 3.05) is 13.2 Å². The zero-order chi connectivity index (χ0) is 58.5. The van der Waals surface area contributed by atoms with Gasteiger partial charge in [0.1, 0.15) is 13.2 Å². The van der Waals surface area contributed by atoms with Crippen LogP contribution >= 0.6 is 0 Å². The first-order valence-electron chi connectivity index (χ1n) is 35.4. The molecule has 1 unspecified atom stereocenters. The summed E-state index contributed by atoms with van der Waals surface area (Å²) in [5.41, 5.74) is 0. The zero-order valence-electron chi connectivity index (χ0n) is 54.1. The van der Waals surface area contributed by atoms with Crippen molar-refractivity contribution in [2.24, 2.45) is 0 Å². The highest BCUT2D eigenvalue weighted by molar-refractivity contribution is 5.71. The summed E-state index contributed by atoms with van der Waals surface area (Å²) in [4.78, 5) is 38.3. The summed E-state index contributed by atoms with van der Waals surface area (Å²) in [5.74, 6) is -0.968. The van der Waals surface area contributed by atoms with Crippen LogP contribution in [-0.4, -0.2) is 37.2 Å². The Bertz CT molecular complexity index is 1490. The number of rotatable bonds is 65. The molecule has 0 rings (SSSR count). The van der Waals surface area contributed by atoms with E-state index in [0.717, 1.165) is 70.6 Å². The molecule has 0 spiro atoms. The maximum Gasteiger partial charge on any atom is 0.306 e. The van der Waals surface area contributed by atoms with Gasteiger partial charge in [0.05, 0.1) is 0 Å². The van der Waals surface area contributed by atoms with Gasteiger partial charge in [0.15, 0.2) is 6.10 Å². The standard InChI is InChI=1S/C75H134O6/c1-4-7-10-13-16-19-22-25-27-29-31-32-33-34-35-36-37-38-39-40-41-42-44-45-47-50-53-56-59-62-65-68-74(77)80-71-72(70-79-73(76)67-64-61-58-55-52-49-24-21-18-15-12-9-6-3)81-75(78)69-66-63-60-57-54-51-48-46-43-30-28-26-23-20-17-14-11-8-5-2/h9,12,17-18,20-21,26,28,49,52,58,61,72H,4-8,10-11,13-16,19,22-25,27,29-48,50-51,53-57,59-60,62-71H2,1-3H3/b12-9-,20-17-,21-18-,28-26-,52-49-,61-58-. The minimum absolute atomic E-state index is 0.0961. The van der Waals surface area contributed by atoms with Crippen molar-refractivity contribution >= 4 is 17.9 Å². The molecule has 0 heterocycles. The molecule has 0 saturated heterocycles. The summed E-state index contributed by atoms with van der Waals surface area (Å²) in [6.07, 6.45) is 91.1. The Balaban J connectivity index is 4.19. The van der Waals surface area contributed by atoms with E-state index in [1.165, 1.54) is 250 Å². The lowest BCUT2D eigenvalue weighted by atomic mass is 10.0. The van der Waals surface area contributed by atoms with Gasteiger partial charge in [-0.2, -0.15) is 0 Å².